The summed E-state index contributed by atoms with van der Waals surface area (Å²) in [6, 6.07) is 2.43. The fourth-order valence-electron chi connectivity index (χ4n) is 5.62. The molecular weight excluding hydrogens is 643 g/mol. The lowest BCUT2D eigenvalue weighted by atomic mass is 9.80. The molecule has 4 rings (SSSR count). The Labute approximate surface area is 255 Å². The number of carboxylic acids is 1. The summed E-state index contributed by atoms with van der Waals surface area (Å²) in [4.78, 5) is 37.8. The highest BCUT2D eigenvalue weighted by Gasteiger charge is 2.43. The zero-order chi connectivity index (χ0) is 34.2. The van der Waals surface area contributed by atoms with E-state index < -0.39 is 83.7 Å². The summed E-state index contributed by atoms with van der Waals surface area (Å²) in [5.74, 6) is -2.87. The summed E-state index contributed by atoms with van der Waals surface area (Å²) in [5.41, 5.74) is -3.99. The second-order valence-electron chi connectivity index (χ2n) is 11.2. The molecule has 2 amide bonds. The molecule has 2 aromatic carbocycles. The van der Waals surface area contributed by atoms with Crippen LogP contribution in [-0.4, -0.2) is 40.4 Å². The maximum Gasteiger partial charge on any atom is 0.573 e. The lowest BCUT2D eigenvalue weighted by Crippen LogP contribution is -2.32. The maximum atomic E-state index is 13.4. The van der Waals surface area contributed by atoms with Crippen molar-refractivity contribution in [3.05, 3.63) is 58.7 Å². The molecule has 2 aromatic rings. The number of amides is 2. The smallest absolute Gasteiger partial charge is 0.481 e. The molecule has 0 unspecified atom stereocenters. The third kappa shape index (κ3) is 8.54. The number of cyclic esters (lactones) is 1. The molecule has 2 atom stereocenters. The van der Waals surface area contributed by atoms with Gasteiger partial charge in [0.2, 0.25) is 5.91 Å². The van der Waals surface area contributed by atoms with E-state index in [9.17, 15) is 53.9 Å². The van der Waals surface area contributed by atoms with Crippen molar-refractivity contribution in [3.8, 4) is 5.75 Å². The molecule has 1 aliphatic heterocycles. The standard InChI is InChI=1S/C29H27F9N2O6/c1-14-24(17-9-19(27(30,31)32)12-20(10-17)28(33,34)35)45-26(44)40(14)13-18-11-21(46-29(36,37)38)6-7-22(18)39-25(43)16-4-2-15(3-5-16)8-23(41)42/h6-7,9-12,14-16,24H,2-5,8,13H2,1H3,(H,39,43)(H,41,42)/t14-,15?,16?,24-/m0/s1. The van der Waals surface area contributed by atoms with Gasteiger partial charge in [0.25, 0.3) is 0 Å². The van der Waals surface area contributed by atoms with Gasteiger partial charge in [-0.05, 0) is 86.1 Å². The summed E-state index contributed by atoms with van der Waals surface area (Å²) < 4.78 is 129. The molecule has 17 heteroatoms. The number of nitrogens with zero attached hydrogens (tertiary/aromatic N) is 1. The summed E-state index contributed by atoms with van der Waals surface area (Å²) in [6.07, 6.45) is -16.7. The Morgan fingerprint density at radius 2 is 1.52 bits per heavy atom. The van der Waals surface area contributed by atoms with Crippen LogP contribution in [0, 0.1) is 11.8 Å². The quantitative estimate of drug-likeness (QED) is 0.277. The van der Waals surface area contributed by atoms with Crippen LogP contribution in [0.1, 0.15) is 67.4 Å². The van der Waals surface area contributed by atoms with Gasteiger partial charge in [-0.25, -0.2) is 4.79 Å². The number of anilines is 1. The topological polar surface area (TPSA) is 105 Å². The summed E-state index contributed by atoms with van der Waals surface area (Å²) in [6.45, 7) is 0.699. The molecule has 0 bridgehead atoms. The Morgan fingerprint density at radius 3 is 2.04 bits per heavy atom. The molecule has 252 valence electrons. The van der Waals surface area contributed by atoms with E-state index in [0.717, 1.165) is 23.1 Å². The van der Waals surface area contributed by atoms with Crippen molar-refractivity contribution in [1.82, 2.24) is 4.90 Å². The number of nitrogens with one attached hydrogen (secondary N) is 1. The van der Waals surface area contributed by atoms with Gasteiger partial charge in [-0.1, -0.05) is 0 Å². The van der Waals surface area contributed by atoms with Gasteiger partial charge in [-0.15, -0.1) is 13.2 Å². The van der Waals surface area contributed by atoms with E-state index in [4.69, 9.17) is 9.84 Å². The van der Waals surface area contributed by atoms with Gasteiger partial charge in [0.05, 0.1) is 23.7 Å². The van der Waals surface area contributed by atoms with Crippen LogP contribution < -0.4 is 10.1 Å². The number of rotatable bonds is 8. The minimum Gasteiger partial charge on any atom is -0.481 e. The van der Waals surface area contributed by atoms with Gasteiger partial charge < -0.3 is 19.9 Å². The van der Waals surface area contributed by atoms with Crippen LogP contribution in [-0.2, 0) is 33.2 Å². The van der Waals surface area contributed by atoms with Gasteiger partial charge in [0.1, 0.15) is 11.9 Å². The van der Waals surface area contributed by atoms with Gasteiger partial charge in [0, 0.05) is 18.0 Å². The molecule has 2 N–H and O–H groups in total. The number of alkyl halides is 9. The fraction of sp³-hybridized carbons (Fsp3) is 0.483. The van der Waals surface area contributed by atoms with Crippen molar-refractivity contribution in [2.24, 2.45) is 11.8 Å². The first-order valence-corrected chi connectivity index (χ1v) is 13.9. The molecule has 0 spiro atoms. The Kier molecular flexibility index (Phi) is 9.73. The fourth-order valence-corrected chi connectivity index (χ4v) is 5.62. The van der Waals surface area contributed by atoms with Crippen LogP contribution in [0.5, 0.6) is 5.75 Å². The van der Waals surface area contributed by atoms with Crippen LogP contribution in [0.3, 0.4) is 0 Å². The maximum absolute atomic E-state index is 13.4. The Morgan fingerprint density at radius 1 is 0.935 bits per heavy atom. The van der Waals surface area contributed by atoms with Crippen molar-refractivity contribution in [2.75, 3.05) is 5.32 Å². The number of halogens is 9. The second-order valence-corrected chi connectivity index (χ2v) is 11.2. The van der Waals surface area contributed by atoms with Crippen molar-refractivity contribution in [2.45, 2.75) is 76.4 Å². The normalized spacial score (nSPS) is 22.4. The first kappa shape index (κ1) is 34.7. The van der Waals surface area contributed by atoms with E-state index >= 15 is 0 Å². The summed E-state index contributed by atoms with van der Waals surface area (Å²) in [5, 5.41) is 11.6. The third-order valence-corrected chi connectivity index (χ3v) is 7.92. The average molecular weight is 671 g/mol. The van der Waals surface area contributed by atoms with Crippen molar-refractivity contribution in [1.29, 1.82) is 0 Å². The van der Waals surface area contributed by atoms with Crippen LogP contribution in [0.25, 0.3) is 0 Å². The van der Waals surface area contributed by atoms with Crippen molar-refractivity contribution >= 4 is 23.7 Å². The Balaban J connectivity index is 1.60. The van der Waals surface area contributed by atoms with E-state index in [1.807, 2.05) is 0 Å². The number of aliphatic carboxylic acids is 1. The Bertz CT molecular complexity index is 1430. The zero-order valence-electron chi connectivity index (χ0n) is 23.9. The number of ether oxygens (including phenoxy) is 2. The number of hydrogen-bond donors (Lipinski definition) is 2. The molecule has 1 saturated heterocycles. The molecule has 8 nitrogen and oxygen atoms in total. The largest absolute Gasteiger partial charge is 0.573 e. The molecule has 2 aliphatic rings. The Hall–Kier alpha value is -4.18. The van der Waals surface area contributed by atoms with Gasteiger partial charge >= 0.3 is 30.8 Å². The average Bonchev–Trinajstić information content (AvgIpc) is 3.21. The minimum absolute atomic E-state index is 0.0333. The van der Waals surface area contributed by atoms with Crippen LogP contribution in [0.2, 0.25) is 0 Å². The van der Waals surface area contributed by atoms with Crippen molar-refractivity contribution in [3.63, 3.8) is 0 Å². The number of carboxylic acid groups (broad SMARTS) is 1. The highest BCUT2D eigenvalue weighted by Crippen LogP contribution is 2.42. The predicted octanol–water partition coefficient (Wildman–Crippen LogP) is 7.92. The first-order chi connectivity index (χ1) is 21.2. The van der Waals surface area contributed by atoms with E-state index in [1.165, 1.54) is 6.92 Å². The van der Waals surface area contributed by atoms with Crippen LogP contribution in [0.4, 0.5) is 50.0 Å². The van der Waals surface area contributed by atoms with Crippen LogP contribution in [0.15, 0.2) is 36.4 Å². The molecule has 0 aromatic heterocycles. The van der Waals surface area contributed by atoms with Gasteiger partial charge in [0.15, 0.2) is 0 Å². The van der Waals surface area contributed by atoms with E-state index in [1.54, 1.807) is 0 Å². The molecule has 1 aliphatic carbocycles. The number of carbonyl (C=O) groups is 3. The molecule has 0 radical (unpaired) electrons. The predicted molar refractivity (Wildman–Crippen MR) is 140 cm³/mol. The highest BCUT2D eigenvalue weighted by atomic mass is 19.4. The van der Waals surface area contributed by atoms with E-state index in [-0.39, 0.29) is 29.7 Å². The lowest BCUT2D eigenvalue weighted by Gasteiger charge is -2.27. The zero-order valence-corrected chi connectivity index (χ0v) is 23.9. The molecule has 1 saturated carbocycles. The third-order valence-electron chi connectivity index (χ3n) is 7.92. The lowest BCUT2D eigenvalue weighted by molar-refractivity contribution is -0.274. The minimum atomic E-state index is -5.16. The molecular formula is C29H27F9N2O6. The number of benzene rings is 2. The molecule has 1 heterocycles. The first-order valence-electron chi connectivity index (χ1n) is 13.9. The SMILES string of the molecule is C[C@H]1[C@@H](c2cc(C(F)(F)F)cc(C(F)(F)F)c2)OC(=O)N1Cc1cc(OC(F)(F)F)ccc1NC(=O)C1CCC(CC(=O)O)CC1. The second kappa shape index (κ2) is 12.9. The molecule has 46 heavy (non-hydrogen) atoms. The summed E-state index contributed by atoms with van der Waals surface area (Å²) in [7, 11) is 0. The van der Waals surface area contributed by atoms with Crippen LogP contribution >= 0.6 is 0 Å². The van der Waals surface area contributed by atoms with Gasteiger partial charge in [-0.3, -0.25) is 14.5 Å². The van der Waals surface area contributed by atoms with Gasteiger partial charge in [-0.2, -0.15) is 26.3 Å². The van der Waals surface area contributed by atoms with Crippen molar-refractivity contribution < 1.29 is 68.5 Å². The number of carbonyl (C=O) groups excluding carboxylic acids is 2. The summed E-state index contributed by atoms with van der Waals surface area (Å²) >= 11 is 0. The highest BCUT2D eigenvalue weighted by molar-refractivity contribution is 5.93. The molecule has 2 fully saturated rings. The monoisotopic (exact) mass is 670 g/mol. The van der Waals surface area contributed by atoms with E-state index in [0.29, 0.717) is 37.8 Å². The number of hydrogen-bond acceptors (Lipinski definition) is 5. The van der Waals surface area contributed by atoms with E-state index in [2.05, 4.69) is 10.1 Å².